The highest BCUT2D eigenvalue weighted by molar-refractivity contribution is 7.90. The van der Waals surface area contributed by atoms with Gasteiger partial charge in [0.25, 0.3) is 5.91 Å². The van der Waals surface area contributed by atoms with E-state index in [9.17, 15) is 18.0 Å². The number of fused-ring (bicyclic) bond motifs is 1. The smallest absolute Gasteiger partial charge is 0.348 e. The standard InChI is InChI=1S/C20H19NO5S2/c1-4-26-20(23)18-10-13-9-14(6-8-17(13)27-18)21-19(22)16-11-15(28(3,24)25)7-5-12(16)2/h5-11H,4H2,1-3H3,(H,21,22). The molecule has 3 aromatic rings. The largest absolute Gasteiger partial charge is 0.462 e. The fraction of sp³-hybridized carbons (Fsp3) is 0.200. The lowest BCUT2D eigenvalue weighted by Crippen LogP contribution is -2.14. The van der Waals surface area contributed by atoms with Crippen LogP contribution < -0.4 is 5.32 Å². The van der Waals surface area contributed by atoms with Crippen molar-refractivity contribution in [2.75, 3.05) is 18.2 Å². The molecule has 146 valence electrons. The molecule has 0 aliphatic carbocycles. The molecule has 6 nitrogen and oxygen atoms in total. The highest BCUT2D eigenvalue weighted by atomic mass is 32.2. The first-order chi connectivity index (χ1) is 13.2. The van der Waals surface area contributed by atoms with Crippen LogP contribution in [0.25, 0.3) is 10.1 Å². The van der Waals surface area contributed by atoms with E-state index in [1.807, 2.05) is 6.07 Å². The number of ether oxygens (including phenoxy) is 1. The van der Waals surface area contributed by atoms with E-state index in [2.05, 4.69) is 5.32 Å². The monoisotopic (exact) mass is 417 g/mol. The zero-order valence-electron chi connectivity index (χ0n) is 15.6. The van der Waals surface area contributed by atoms with Crippen molar-refractivity contribution >= 4 is 48.8 Å². The van der Waals surface area contributed by atoms with Crippen LogP contribution in [0.1, 0.15) is 32.5 Å². The lowest BCUT2D eigenvalue weighted by atomic mass is 10.1. The van der Waals surface area contributed by atoms with Gasteiger partial charge in [0.1, 0.15) is 4.88 Å². The van der Waals surface area contributed by atoms with Crippen LogP contribution in [0.3, 0.4) is 0 Å². The Hall–Kier alpha value is -2.71. The predicted octanol–water partition coefficient (Wildman–Crippen LogP) is 4.04. The molecule has 1 aromatic heterocycles. The molecule has 0 aliphatic rings. The van der Waals surface area contributed by atoms with Gasteiger partial charge in [-0.3, -0.25) is 4.79 Å². The van der Waals surface area contributed by atoms with Gasteiger partial charge in [-0.15, -0.1) is 11.3 Å². The first kappa shape index (κ1) is 20.0. The summed E-state index contributed by atoms with van der Waals surface area (Å²) in [6, 6.07) is 11.5. The Kier molecular flexibility index (Phi) is 5.53. The minimum Gasteiger partial charge on any atom is -0.462 e. The quantitative estimate of drug-likeness (QED) is 0.633. The van der Waals surface area contributed by atoms with E-state index in [1.54, 1.807) is 38.1 Å². The Labute approximate surface area is 167 Å². The molecular weight excluding hydrogens is 398 g/mol. The highest BCUT2D eigenvalue weighted by Crippen LogP contribution is 2.29. The number of hydrogen-bond donors (Lipinski definition) is 1. The maximum absolute atomic E-state index is 12.7. The van der Waals surface area contributed by atoms with Crippen molar-refractivity contribution in [3.63, 3.8) is 0 Å². The minimum atomic E-state index is -3.41. The van der Waals surface area contributed by atoms with Crippen LogP contribution in [0.15, 0.2) is 47.4 Å². The number of nitrogens with one attached hydrogen (secondary N) is 1. The Bertz CT molecular complexity index is 1180. The van der Waals surface area contributed by atoms with E-state index in [-0.39, 0.29) is 10.9 Å². The fourth-order valence-corrected chi connectivity index (χ4v) is 4.28. The lowest BCUT2D eigenvalue weighted by Gasteiger charge is -2.09. The molecule has 0 atom stereocenters. The lowest BCUT2D eigenvalue weighted by molar-refractivity contribution is 0.0532. The number of amides is 1. The predicted molar refractivity (Wildman–Crippen MR) is 110 cm³/mol. The van der Waals surface area contributed by atoms with Crippen LogP contribution in [0.2, 0.25) is 0 Å². The van der Waals surface area contributed by atoms with Crippen molar-refractivity contribution in [1.82, 2.24) is 0 Å². The third kappa shape index (κ3) is 4.23. The maximum Gasteiger partial charge on any atom is 0.348 e. The Morgan fingerprint density at radius 3 is 2.54 bits per heavy atom. The molecule has 8 heteroatoms. The number of rotatable bonds is 5. The molecule has 2 aromatic carbocycles. The van der Waals surface area contributed by atoms with Gasteiger partial charge in [0.2, 0.25) is 0 Å². The summed E-state index contributed by atoms with van der Waals surface area (Å²) in [6.07, 6.45) is 1.10. The van der Waals surface area contributed by atoms with Crippen molar-refractivity contribution in [1.29, 1.82) is 0 Å². The molecule has 0 spiro atoms. The molecule has 3 rings (SSSR count). The molecule has 1 heterocycles. The zero-order chi connectivity index (χ0) is 20.5. The average Bonchev–Trinajstić information content (AvgIpc) is 3.04. The van der Waals surface area contributed by atoms with E-state index < -0.39 is 15.7 Å². The van der Waals surface area contributed by atoms with Gasteiger partial charge in [-0.25, -0.2) is 13.2 Å². The average molecular weight is 418 g/mol. The molecule has 0 saturated carbocycles. The number of hydrogen-bond acceptors (Lipinski definition) is 6. The molecule has 28 heavy (non-hydrogen) atoms. The first-order valence-corrected chi connectivity index (χ1v) is 11.2. The van der Waals surface area contributed by atoms with Crippen molar-refractivity contribution in [3.8, 4) is 0 Å². The van der Waals surface area contributed by atoms with E-state index in [4.69, 9.17) is 4.74 Å². The van der Waals surface area contributed by atoms with Crippen molar-refractivity contribution < 1.29 is 22.7 Å². The van der Waals surface area contributed by atoms with E-state index in [0.29, 0.717) is 28.3 Å². The Balaban J connectivity index is 1.88. The van der Waals surface area contributed by atoms with Gasteiger partial charge in [-0.2, -0.15) is 0 Å². The third-order valence-corrected chi connectivity index (χ3v) is 6.34. The molecule has 1 amide bonds. The second kappa shape index (κ2) is 7.73. The molecule has 0 saturated heterocycles. The Morgan fingerprint density at radius 2 is 1.86 bits per heavy atom. The number of esters is 1. The summed E-state index contributed by atoms with van der Waals surface area (Å²) in [5.74, 6) is -0.773. The summed E-state index contributed by atoms with van der Waals surface area (Å²) < 4.78 is 29.4. The highest BCUT2D eigenvalue weighted by Gasteiger charge is 2.16. The SMILES string of the molecule is CCOC(=O)c1cc2cc(NC(=O)c3cc(S(C)(=O)=O)ccc3C)ccc2s1. The second-order valence-electron chi connectivity index (χ2n) is 6.29. The topological polar surface area (TPSA) is 89.5 Å². The van der Waals surface area contributed by atoms with Crippen LogP contribution >= 0.6 is 11.3 Å². The first-order valence-electron chi connectivity index (χ1n) is 8.52. The van der Waals surface area contributed by atoms with Crippen molar-refractivity contribution in [2.24, 2.45) is 0 Å². The van der Waals surface area contributed by atoms with Crippen LogP contribution in [0, 0.1) is 6.92 Å². The number of carbonyl (C=O) groups excluding carboxylic acids is 2. The third-order valence-electron chi connectivity index (χ3n) is 4.13. The summed E-state index contributed by atoms with van der Waals surface area (Å²) in [5.41, 5.74) is 1.52. The molecule has 1 N–H and O–H groups in total. The fourth-order valence-electron chi connectivity index (χ4n) is 2.70. The number of thiophene rings is 1. The summed E-state index contributed by atoms with van der Waals surface area (Å²) in [4.78, 5) is 25.1. The van der Waals surface area contributed by atoms with Crippen LogP contribution in [0.4, 0.5) is 5.69 Å². The van der Waals surface area contributed by atoms with Crippen molar-refractivity contribution in [2.45, 2.75) is 18.7 Å². The molecule has 0 aliphatic heterocycles. The molecule has 0 fully saturated rings. The van der Waals surface area contributed by atoms with Gasteiger partial charge in [0.05, 0.1) is 11.5 Å². The van der Waals surface area contributed by atoms with Gasteiger partial charge in [-0.1, -0.05) is 6.07 Å². The van der Waals surface area contributed by atoms with E-state index >= 15 is 0 Å². The van der Waals surface area contributed by atoms with Crippen LogP contribution in [-0.4, -0.2) is 33.2 Å². The van der Waals surface area contributed by atoms with Crippen LogP contribution in [-0.2, 0) is 14.6 Å². The molecular formula is C20H19NO5S2. The minimum absolute atomic E-state index is 0.0932. The van der Waals surface area contributed by atoms with Gasteiger partial charge >= 0.3 is 5.97 Å². The number of anilines is 1. The number of aryl methyl sites for hydroxylation is 1. The summed E-state index contributed by atoms with van der Waals surface area (Å²) in [5, 5.41) is 3.60. The summed E-state index contributed by atoms with van der Waals surface area (Å²) in [7, 11) is -3.41. The molecule has 0 bridgehead atoms. The van der Waals surface area contributed by atoms with Gasteiger partial charge in [-0.05, 0) is 61.2 Å². The second-order valence-corrected chi connectivity index (χ2v) is 9.39. The summed E-state index contributed by atoms with van der Waals surface area (Å²) in [6.45, 7) is 3.80. The number of benzene rings is 2. The number of carbonyl (C=O) groups is 2. The van der Waals surface area contributed by atoms with Gasteiger partial charge in [0, 0.05) is 22.2 Å². The van der Waals surface area contributed by atoms with Gasteiger partial charge in [0.15, 0.2) is 9.84 Å². The van der Waals surface area contributed by atoms with Crippen LogP contribution in [0.5, 0.6) is 0 Å². The number of sulfone groups is 1. The van der Waals surface area contributed by atoms with Crippen molar-refractivity contribution in [3.05, 3.63) is 58.5 Å². The normalized spacial score (nSPS) is 11.4. The zero-order valence-corrected chi connectivity index (χ0v) is 17.2. The molecule has 0 radical (unpaired) electrons. The van der Waals surface area contributed by atoms with E-state index in [1.165, 1.54) is 23.5 Å². The Morgan fingerprint density at radius 1 is 1.11 bits per heavy atom. The maximum atomic E-state index is 12.7. The van der Waals surface area contributed by atoms with Gasteiger partial charge < -0.3 is 10.1 Å². The van der Waals surface area contributed by atoms with E-state index in [0.717, 1.165) is 16.3 Å². The summed E-state index contributed by atoms with van der Waals surface area (Å²) >= 11 is 1.32. The molecule has 0 unspecified atom stereocenters.